The van der Waals surface area contributed by atoms with Crippen LogP contribution in [0.15, 0.2) is 53.5 Å². The van der Waals surface area contributed by atoms with Gasteiger partial charge in [0.05, 0.1) is 26.9 Å². The Balaban J connectivity index is 0.00000392. The van der Waals surface area contributed by atoms with E-state index in [2.05, 4.69) is 27.8 Å². The van der Waals surface area contributed by atoms with E-state index in [0.717, 1.165) is 35.1 Å². The van der Waals surface area contributed by atoms with Crippen molar-refractivity contribution in [3.05, 3.63) is 59.7 Å². The Kier molecular flexibility index (Phi) is 11.4. The van der Waals surface area contributed by atoms with Gasteiger partial charge >= 0.3 is 0 Å². The number of ether oxygens (including phenoxy) is 3. The fraction of sp³-hybridized carbons (Fsp3) is 0.381. The molecule has 0 spiro atoms. The van der Waals surface area contributed by atoms with Crippen molar-refractivity contribution in [1.82, 2.24) is 10.6 Å². The summed E-state index contributed by atoms with van der Waals surface area (Å²) in [4.78, 5) is 4.67. The van der Waals surface area contributed by atoms with Crippen LogP contribution in [0.2, 0.25) is 0 Å². The third-order valence-corrected chi connectivity index (χ3v) is 4.16. The van der Waals surface area contributed by atoms with Gasteiger partial charge in [-0.05, 0) is 24.6 Å². The zero-order valence-electron chi connectivity index (χ0n) is 16.9. The number of nitrogens with zero attached hydrogens (tertiary/aromatic N) is 1. The van der Waals surface area contributed by atoms with Crippen molar-refractivity contribution in [3.8, 4) is 11.5 Å². The van der Waals surface area contributed by atoms with E-state index in [1.807, 2.05) is 43.3 Å². The minimum absolute atomic E-state index is 0. The fourth-order valence-electron chi connectivity index (χ4n) is 2.68. The molecule has 154 valence electrons. The highest BCUT2D eigenvalue weighted by Crippen LogP contribution is 2.25. The monoisotopic (exact) mass is 499 g/mol. The Morgan fingerprint density at radius 2 is 1.75 bits per heavy atom. The molecule has 0 aliphatic rings. The molecule has 2 aromatic rings. The maximum absolute atomic E-state index is 5.61. The summed E-state index contributed by atoms with van der Waals surface area (Å²) in [6, 6.07) is 15.9. The SMILES string of the molecule is CCNC(=NCc1ccc(OC)cc1OC)NCC(OC)c1ccccc1.I. The minimum atomic E-state index is -0.0504. The lowest BCUT2D eigenvalue weighted by Crippen LogP contribution is -2.39. The van der Waals surface area contributed by atoms with E-state index in [0.29, 0.717) is 13.1 Å². The van der Waals surface area contributed by atoms with Crippen LogP contribution in [0.25, 0.3) is 0 Å². The lowest BCUT2D eigenvalue weighted by atomic mass is 10.1. The van der Waals surface area contributed by atoms with Crippen LogP contribution in [-0.4, -0.2) is 40.4 Å². The molecule has 1 unspecified atom stereocenters. The summed E-state index contributed by atoms with van der Waals surface area (Å²) in [7, 11) is 5.00. The summed E-state index contributed by atoms with van der Waals surface area (Å²) >= 11 is 0. The topological polar surface area (TPSA) is 64.1 Å². The van der Waals surface area contributed by atoms with Crippen LogP contribution in [0.5, 0.6) is 11.5 Å². The average Bonchev–Trinajstić information content (AvgIpc) is 2.73. The molecular formula is C21H30IN3O3. The zero-order chi connectivity index (χ0) is 19.5. The second kappa shape index (κ2) is 13.2. The highest BCUT2D eigenvalue weighted by atomic mass is 127. The second-order valence-electron chi connectivity index (χ2n) is 5.89. The molecule has 2 N–H and O–H groups in total. The second-order valence-corrected chi connectivity index (χ2v) is 5.89. The van der Waals surface area contributed by atoms with Gasteiger partial charge in [0.1, 0.15) is 11.5 Å². The van der Waals surface area contributed by atoms with Gasteiger partial charge in [-0.15, -0.1) is 24.0 Å². The molecule has 0 aliphatic carbocycles. The quantitative estimate of drug-likeness (QED) is 0.313. The van der Waals surface area contributed by atoms with E-state index in [4.69, 9.17) is 14.2 Å². The average molecular weight is 499 g/mol. The molecule has 7 heteroatoms. The van der Waals surface area contributed by atoms with E-state index in [9.17, 15) is 0 Å². The van der Waals surface area contributed by atoms with Gasteiger partial charge in [0.15, 0.2) is 5.96 Å². The van der Waals surface area contributed by atoms with Crippen molar-refractivity contribution in [1.29, 1.82) is 0 Å². The number of halogens is 1. The number of aliphatic imine (C=N–C) groups is 1. The van der Waals surface area contributed by atoms with Gasteiger partial charge in [0.25, 0.3) is 0 Å². The third kappa shape index (κ3) is 7.20. The first kappa shape index (κ1) is 24.0. The molecule has 0 aromatic heterocycles. The van der Waals surface area contributed by atoms with Crippen LogP contribution in [0.1, 0.15) is 24.2 Å². The van der Waals surface area contributed by atoms with Gasteiger partial charge in [0, 0.05) is 31.8 Å². The largest absolute Gasteiger partial charge is 0.497 e. The molecule has 0 saturated carbocycles. The standard InChI is InChI=1S/C21H29N3O3.HI/c1-5-22-21(24-15-20(27-4)16-9-7-6-8-10-16)23-14-17-11-12-18(25-2)13-19(17)26-3;/h6-13,20H,5,14-15H2,1-4H3,(H2,22,23,24);1H. The summed E-state index contributed by atoms with van der Waals surface area (Å²) in [6.45, 7) is 3.92. The Morgan fingerprint density at radius 1 is 1.00 bits per heavy atom. The van der Waals surface area contributed by atoms with E-state index in [1.165, 1.54) is 0 Å². The molecular weight excluding hydrogens is 469 g/mol. The number of guanidine groups is 1. The van der Waals surface area contributed by atoms with Crippen LogP contribution in [0.3, 0.4) is 0 Å². The number of benzene rings is 2. The predicted molar refractivity (Wildman–Crippen MR) is 124 cm³/mol. The van der Waals surface area contributed by atoms with E-state index in [1.54, 1.807) is 21.3 Å². The maximum atomic E-state index is 5.61. The number of nitrogens with one attached hydrogen (secondary N) is 2. The van der Waals surface area contributed by atoms with Crippen molar-refractivity contribution >= 4 is 29.9 Å². The van der Waals surface area contributed by atoms with Gasteiger partial charge in [-0.1, -0.05) is 30.3 Å². The lowest BCUT2D eigenvalue weighted by Gasteiger charge is -2.19. The van der Waals surface area contributed by atoms with Gasteiger partial charge < -0.3 is 24.8 Å². The molecule has 0 heterocycles. The van der Waals surface area contributed by atoms with E-state index < -0.39 is 0 Å². The molecule has 0 bridgehead atoms. The molecule has 0 saturated heterocycles. The normalized spacial score (nSPS) is 11.9. The van der Waals surface area contributed by atoms with Crippen molar-refractivity contribution in [3.63, 3.8) is 0 Å². The first-order valence-corrected chi connectivity index (χ1v) is 9.02. The van der Waals surface area contributed by atoms with Crippen molar-refractivity contribution in [2.24, 2.45) is 4.99 Å². The Bertz CT molecular complexity index is 726. The molecule has 1 atom stereocenters. The van der Waals surface area contributed by atoms with Crippen molar-refractivity contribution < 1.29 is 14.2 Å². The van der Waals surface area contributed by atoms with Gasteiger partial charge in [-0.2, -0.15) is 0 Å². The highest BCUT2D eigenvalue weighted by Gasteiger charge is 2.11. The van der Waals surface area contributed by atoms with E-state index >= 15 is 0 Å². The van der Waals surface area contributed by atoms with Crippen LogP contribution in [0.4, 0.5) is 0 Å². The summed E-state index contributed by atoms with van der Waals surface area (Å²) in [5, 5.41) is 6.61. The van der Waals surface area contributed by atoms with Gasteiger partial charge in [-0.25, -0.2) is 4.99 Å². The summed E-state index contributed by atoms with van der Waals surface area (Å²) in [5.74, 6) is 2.25. The lowest BCUT2D eigenvalue weighted by molar-refractivity contribution is 0.106. The molecule has 0 amide bonds. The number of hydrogen-bond donors (Lipinski definition) is 2. The van der Waals surface area contributed by atoms with Crippen LogP contribution in [-0.2, 0) is 11.3 Å². The van der Waals surface area contributed by atoms with Gasteiger partial charge in [0.2, 0.25) is 0 Å². The summed E-state index contributed by atoms with van der Waals surface area (Å²) in [6.07, 6.45) is -0.0504. The Labute approximate surface area is 184 Å². The molecule has 2 rings (SSSR count). The van der Waals surface area contributed by atoms with Crippen molar-refractivity contribution in [2.75, 3.05) is 34.4 Å². The molecule has 2 aromatic carbocycles. The number of rotatable bonds is 9. The van der Waals surface area contributed by atoms with E-state index in [-0.39, 0.29) is 30.1 Å². The maximum Gasteiger partial charge on any atom is 0.191 e. The Hall–Kier alpha value is -2.00. The Morgan fingerprint density at radius 3 is 2.36 bits per heavy atom. The molecule has 0 aliphatic heterocycles. The molecule has 6 nitrogen and oxygen atoms in total. The first-order valence-electron chi connectivity index (χ1n) is 9.02. The first-order chi connectivity index (χ1) is 13.2. The molecule has 0 radical (unpaired) electrons. The fourth-order valence-corrected chi connectivity index (χ4v) is 2.68. The highest BCUT2D eigenvalue weighted by molar-refractivity contribution is 14.0. The zero-order valence-corrected chi connectivity index (χ0v) is 19.2. The molecule has 28 heavy (non-hydrogen) atoms. The number of hydrogen-bond acceptors (Lipinski definition) is 4. The van der Waals surface area contributed by atoms with Crippen molar-refractivity contribution in [2.45, 2.75) is 19.6 Å². The summed E-state index contributed by atoms with van der Waals surface area (Å²) in [5.41, 5.74) is 2.11. The van der Waals surface area contributed by atoms with Gasteiger partial charge in [-0.3, -0.25) is 0 Å². The summed E-state index contributed by atoms with van der Waals surface area (Å²) < 4.78 is 16.3. The van der Waals surface area contributed by atoms with Crippen LogP contribution in [0, 0.1) is 0 Å². The predicted octanol–water partition coefficient (Wildman–Crippen LogP) is 3.76. The minimum Gasteiger partial charge on any atom is -0.497 e. The number of methoxy groups -OCH3 is 3. The van der Waals surface area contributed by atoms with Crippen LogP contribution >= 0.6 is 24.0 Å². The molecule has 0 fully saturated rings. The van der Waals surface area contributed by atoms with Crippen LogP contribution < -0.4 is 20.1 Å². The smallest absolute Gasteiger partial charge is 0.191 e. The third-order valence-electron chi connectivity index (χ3n) is 4.16.